The van der Waals surface area contributed by atoms with Crippen molar-refractivity contribution in [2.75, 3.05) is 31.7 Å². The van der Waals surface area contributed by atoms with Crippen molar-refractivity contribution in [1.82, 2.24) is 9.97 Å². The van der Waals surface area contributed by atoms with E-state index in [1.165, 1.54) is 11.9 Å². The third kappa shape index (κ3) is 4.27. The Morgan fingerprint density at radius 3 is 2.58 bits per heavy atom. The number of nitrogens with zero attached hydrogens (tertiary/aromatic N) is 3. The van der Waals surface area contributed by atoms with Crippen LogP contribution in [-0.2, 0) is 6.42 Å². The van der Waals surface area contributed by atoms with Gasteiger partial charge in [-0.1, -0.05) is 41.9 Å². The lowest BCUT2D eigenvalue weighted by Gasteiger charge is -2.41. The van der Waals surface area contributed by atoms with Gasteiger partial charge in [-0.3, -0.25) is 0 Å². The van der Waals surface area contributed by atoms with Crippen molar-refractivity contribution in [3.8, 4) is 5.75 Å². The molecule has 1 aliphatic heterocycles. The lowest BCUT2D eigenvalue weighted by molar-refractivity contribution is 0.0847. The summed E-state index contributed by atoms with van der Waals surface area (Å²) in [6, 6.07) is 10.5. The lowest BCUT2D eigenvalue weighted by atomic mass is 9.75. The minimum atomic E-state index is -0.00462. The van der Waals surface area contributed by atoms with Crippen LogP contribution in [0.2, 0.25) is 5.15 Å². The lowest BCUT2D eigenvalue weighted by Crippen LogP contribution is -2.42. The molecular formula is C20H26ClN3O2. The highest BCUT2D eigenvalue weighted by atomic mass is 35.5. The van der Waals surface area contributed by atoms with Crippen molar-refractivity contribution >= 4 is 17.4 Å². The van der Waals surface area contributed by atoms with Crippen LogP contribution in [0.3, 0.4) is 0 Å². The second-order valence-electron chi connectivity index (χ2n) is 7.01. The van der Waals surface area contributed by atoms with Crippen LogP contribution in [0, 0.1) is 5.41 Å². The first-order valence-electron chi connectivity index (χ1n) is 9.12. The van der Waals surface area contributed by atoms with Crippen LogP contribution in [0.15, 0.2) is 36.7 Å². The fraction of sp³-hybridized carbons (Fsp3) is 0.500. The number of rotatable bonds is 7. The van der Waals surface area contributed by atoms with Crippen LogP contribution in [0.1, 0.15) is 31.2 Å². The predicted molar refractivity (Wildman–Crippen MR) is 104 cm³/mol. The SMILES string of the molecule is COc1c(Cl)ncnc1N1CCC(CO)(CCCc2ccccc2)CC1. The van der Waals surface area contributed by atoms with Crippen LogP contribution in [0.4, 0.5) is 5.82 Å². The van der Waals surface area contributed by atoms with Crippen molar-refractivity contribution in [1.29, 1.82) is 0 Å². The van der Waals surface area contributed by atoms with Crippen molar-refractivity contribution in [2.45, 2.75) is 32.1 Å². The average Bonchev–Trinajstić information content (AvgIpc) is 2.69. The van der Waals surface area contributed by atoms with Crippen molar-refractivity contribution in [3.63, 3.8) is 0 Å². The van der Waals surface area contributed by atoms with Crippen LogP contribution in [0.5, 0.6) is 5.75 Å². The summed E-state index contributed by atoms with van der Waals surface area (Å²) in [4.78, 5) is 10.5. The molecule has 0 unspecified atom stereocenters. The van der Waals surface area contributed by atoms with Gasteiger partial charge in [-0.2, -0.15) is 0 Å². The van der Waals surface area contributed by atoms with E-state index < -0.39 is 0 Å². The molecule has 1 aromatic heterocycles. The Labute approximate surface area is 160 Å². The number of aliphatic hydroxyl groups excluding tert-OH is 1. The molecule has 26 heavy (non-hydrogen) atoms. The number of halogens is 1. The predicted octanol–water partition coefficient (Wildman–Crippen LogP) is 3.74. The quantitative estimate of drug-likeness (QED) is 0.747. The summed E-state index contributed by atoms with van der Waals surface area (Å²) in [6.45, 7) is 1.89. The average molecular weight is 376 g/mol. The molecule has 0 radical (unpaired) electrons. The smallest absolute Gasteiger partial charge is 0.199 e. The molecule has 1 aliphatic rings. The number of aromatic nitrogens is 2. The summed E-state index contributed by atoms with van der Waals surface area (Å²) < 4.78 is 5.37. The first-order valence-corrected chi connectivity index (χ1v) is 9.49. The highest BCUT2D eigenvalue weighted by Gasteiger charge is 2.35. The molecule has 1 saturated heterocycles. The van der Waals surface area contributed by atoms with Crippen molar-refractivity contribution in [3.05, 3.63) is 47.4 Å². The normalized spacial score (nSPS) is 16.5. The van der Waals surface area contributed by atoms with E-state index in [1.54, 1.807) is 7.11 Å². The maximum Gasteiger partial charge on any atom is 0.199 e. The molecule has 1 N–H and O–H groups in total. The van der Waals surface area contributed by atoms with Gasteiger partial charge in [0.15, 0.2) is 16.7 Å². The molecule has 1 fully saturated rings. The van der Waals surface area contributed by atoms with Gasteiger partial charge in [0.05, 0.1) is 7.11 Å². The van der Waals surface area contributed by atoms with E-state index in [9.17, 15) is 5.11 Å². The number of anilines is 1. The minimum Gasteiger partial charge on any atom is -0.490 e. The van der Waals surface area contributed by atoms with Gasteiger partial charge in [-0.15, -0.1) is 0 Å². The van der Waals surface area contributed by atoms with Gasteiger partial charge >= 0.3 is 0 Å². The van der Waals surface area contributed by atoms with Crippen LogP contribution < -0.4 is 9.64 Å². The molecule has 1 aromatic carbocycles. The monoisotopic (exact) mass is 375 g/mol. The third-order valence-electron chi connectivity index (χ3n) is 5.42. The molecule has 0 bridgehead atoms. The molecule has 6 heteroatoms. The number of hydrogen-bond donors (Lipinski definition) is 1. The van der Waals surface area contributed by atoms with E-state index in [4.69, 9.17) is 16.3 Å². The van der Waals surface area contributed by atoms with E-state index in [-0.39, 0.29) is 12.0 Å². The minimum absolute atomic E-state index is 0.00462. The molecule has 2 heterocycles. The third-order valence-corrected chi connectivity index (χ3v) is 5.69. The van der Waals surface area contributed by atoms with Crippen LogP contribution in [-0.4, -0.2) is 41.9 Å². The largest absolute Gasteiger partial charge is 0.490 e. The summed E-state index contributed by atoms with van der Waals surface area (Å²) in [5, 5.41) is 10.4. The molecular weight excluding hydrogens is 350 g/mol. The summed E-state index contributed by atoms with van der Waals surface area (Å²) in [6.07, 6.45) is 6.52. The molecule has 3 rings (SSSR count). The maximum atomic E-state index is 10.1. The van der Waals surface area contributed by atoms with E-state index in [1.807, 2.05) is 6.07 Å². The Hall–Kier alpha value is -1.85. The zero-order valence-corrected chi connectivity index (χ0v) is 16.0. The molecule has 0 amide bonds. The highest BCUT2D eigenvalue weighted by molar-refractivity contribution is 6.31. The van der Waals surface area contributed by atoms with E-state index in [0.717, 1.165) is 51.0 Å². The van der Waals surface area contributed by atoms with Crippen LogP contribution in [0.25, 0.3) is 0 Å². The summed E-state index contributed by atoms with van der Waals surface area (Å²) >= 11 is 6.12. The fourth-order valence-electron chi connectivity index (χ4n) is 3.74. The van der Waals surface area contributed by atoms with Gasteiger partial charge in [0.25, 0.3) is 0 Å². The standard InChI is InChI=1S/C20H26ClN3O2/c1-26-17-18(21)22-15-23-19(17)24-12-10-20(14-25,11-13-24)9-5-8-16-6-3-2-4-7-16/h2-4,6-7,15,25H,5,8-14H2,1H3. The van der Waals surface area contributed by atoms with E-state index in [0.29, 0.717) is 10.9 Å². The zero-order chi connectivity index (χ0) is 18.4. The van der Waals surface area contributed by atoms with Gasteiger partial charge < -0.3 is 14.7 Å². The van der Waals surface area contributed by atoms with Gasteiger partial charge in [-0.05, 0) is 43.1 Å². The molecule has 0 atom stereocenters. The van der Waals surface area contributed by atoms with Crippen molar-refractivity contribution < 1.29 is 9.84 Å². The Balaban J connectivity index is 1.59. The number of methoxy groups -OCH3 is 1. The molecule has 2 aromatic rings. The maximum absolute atomic E-state index is 10.1. The second-order valence-corrected chi connectivity index (χ2v) is 7.36. The first kappa shape index (κ1) is 18.9. The van der Waals surface area contributed by atoms with Gasteiger partial charge in [0.2, 0.25) is 0 Å². The Morgan fingerprint density at radius 1 is 1.19 bits per heavy atom. The topological polar surface area (TPSA) is 58.5 Å². The summed E-state index contributed by atoms with van der Waals surface area (Å²) in [5.41, 5.74) is 1.35. The number of benzene rings is 1. The summed E-state index contributed by atoms with van der Waals surface area (Å²) in [7, 11) is 1.58. The van der Waals surface area contributed by atoms with Gasteiger partial charge in [-0.25, -0.2) is 9.97 Å². The number of ether oxygens (including phenoxy) is 1. The molecule has 140 valence electrons. The molecule has 0 spiro atoms. The van der Waals surface area contributed by atoms with E-state index >= 15 is 0 Å². The molecule has 5 nitrogen and oxygen atoms in total. The fourth-order valence-corrected chi connectivity index (χ4v) is 3.94. The number of aryl methyl sites for hydroxylation is 1. The first-order chi connectivity index (χ1) is 12.7. The van der Waals surface area contributed by atoms with Crippen molar-refractivity contribution in [2.24, 2.45) is 5.41 Å². The molecule has 0 aliphatic carbocycles. The van der Waals surface area contributed by atoms with Gasteiger partial charge in [0.1, 0.15) is 6.33 Å². The number of piperidine rings is 1. The van der Waals surface area contributed by atoms with Gasteiger partial charge in [0, 0.05) is 19.7 Å². The Kier molecular flexibility index (Phi) is 6.33. The highest BCUT2D eigenvalue weighted by Crippen LogP contribution is 2.40. The summed E-state index contributed by atoms with van der Waals surface area (Å²) in [5.74, 6) is 1.26. The Morgan fingerprint density at radius 2 is 1.92 bits per heavy atom. The zero-order valence-electron chi connectivity index (χ0n) is 15.2. The van der Waals surface area contributed by atoms with Crippen LogP contribution >= 0.6 is 11.6 Å². The Bertz CT molecular complexity index is 703. The van der Waals surface area contributed by atoms with E-state index in [2.05, 4.69) is 39.1 Å². The second kappa shape index (κ2) is 8.69. The molecule has 0 saturated carbocycles. The number of hydrogen-bond acceptors (Lipinski definition) is 5. The number of aliphatic hydroxyl groups is 1.